The minimum Gasteiger partial charge on any atom is -0.457 e. The number of hydrogen-bond donors (Lipinski definition) is 2. The number of nitrogens with two attached hydrogens (primary N) is 1. The Morgan fingerprint density at radius 2 is 1.93 bits per heavy atom. The Balaban J connectivity index is 1.45. The number of rotatable bonds is 7. The Labute approximate surface area is 246 Å². The molecular weight excluding hydrogens is 554 g/mol. The van der Waals surface area contributed by atoms with Crippen LogP contribution in [0.3, 0.4) is 0 Å². The molecule has 4 heterocycles. The van der Waals surface area contributed by atoms with Gasteiger partial charge in [-0.25, -0.2) is 9.78 Å². The van der Waals surface area contributed by atoms with Crippen molar-refractivity contribution in [3.63, 3.8) is 0 Å². The fourth-order valence-electron chi connectivity index (χ4n) is 5.78. The lowest BCUT2D eigenvalue weighted by atomic mass is 9.99. The summed E-state index contributed by atoms with van der Waals surface area (Å²) in [7, 11) is 0. The number of hydrogen-bond acceptors (Lipinski definition) is 7. The van der Waals surface area contributed by atoms with Crippen LogP contribution in [-0.2, 0) is 4.79 Å². The normalized spacial score (nSPS) is 17.5. The molecule has 11 heteroatoms. The van der Waals surface area contributed by atoms with E-state index in [4.69, 9.17) is 10.5 Å². The van der Waals surface area contributed by atoms with E-state index in [2.05, 4.69) is 4.98 Å². The summed E-state index contributed by atoms with van der Waals surface area (Å²) in [6, 6.07) is 16.0. The van der Waals surface area contributed by atoms with E-state index in [-0.39, 0.29) is 30.0 Å². The molecule has 4 aromatic rings. The largest absolute Gasteiger partial charge is 0.457 e. The third-order valence-electron chi connectivity index (χ3n) is 7.80. The van der Waals surface area contributed by atoms with E-state index in [9.17, 15) is 19.5 Å². The standard InChI is InChI=1S/C31H31N5O5S/c1-18-15-22(41-21-8-4-3-5-9-21)10-11-23(18)36-24-12-13-33-29-25(24)26(27(42-29)28(32)38)35(31(36)40)20-7-6-14-34(16-20)30(39)19(2)17-37/h3-5,8-13,15,19-20,37H,6-7,14,16-17H2,1-2H3,(H2,32,38)/t19?,20-/m1/s1. The van der Waals surface area contributed by atoms with Gasteiger partial charge in [-0.1, -0.05) is 25.1 Å². The first-order valence-electron chi connectivity index (χ1n) is 13.9. The van der Waals surface area contributed by atoms with Crippen LogP contribution in [0.2, 0.25) is 0 Å². The van der Waals surface area contributed by atoms with Crippen molar-refractivity contribution < 1.29 is 24.2 Å². The van der Waals surface area contributed by atoms with Crippen LogP contribution in [0.15, 0.2) is 60.8 Å². The van der Waals surface area contributed by atoms with Crippen LogP contribution in [0.5, 0.6) is 11.5 Å². The number of likely N-dealkylation sites (tertiary alicyclic amines) is 1. The number of aliphatic hydroxyl groups excluding tert-OH is 1. The van der Waals surface area contributed by atoms with Gasteiger partial charge in [0.05, 0.1) is 41.0 Å². The maximum atomic E-state index is 14.6. The van der Waals surface area contributed by atoms with E-state index >= 15 is 0 Å². The molecule has 1 fully saturated rings. The van der Waals surface area contributed by atoms with Crippen LogP contribution in [0.4, 0.5) is 21.9 Å². The number of carbonyl (C=O) groups excluding carboxylic acids is 3. The molecule has 1 unspecified atom stereocenters. The van der Waals surface area contributed by atoms with Crippen LogP contribution in [0, 0.1) is 12.8 Å². The van der Waals surface area contributed by atoms with E-state index in [0.717, 1.165) is 16.9 Å². The quantitative estimate of drug-likeness (QED) is 0.307. The topological polar surface area (TPSA) is 129 Å². The van der Waals surface area contributed by atoms with Crippen LogP contribution in [0.25, 0.3) is 10.2 Å². The molecule has 2 aliphatic rings. The molecule has 0 spiro atoms. The van der Waals surface area contributed by atoms with E-state index < -0.39 is 17.9 Å². The average Bonchev–Trinajstić information content (AvgIpc) is 3.39. The molecule has 0 radical (unpaired) electrons. The van der Waals surface area contributed by atoms with Gasteiger partial charge in [0.25, 0.3) is 5.91 Å². The number of nitrogens with zero attached hydrogens (tertiary/aromatic N) is 4. The molecule has 2 aromatic heterocycles. The molecule has 0 bridgehead atoms. The Kier molecular flexibility index (Phi) is 7.29. The summed E-state index contributed by atoms with van der Waals surface area (Å²) < 4.78 is 6.02. The van der Waals surface area contributed by atoms with Gasteiger partial charge in [-0.05, 0) is 61.7 Å². The fraction of sp³-hybridized carbons (Fsp3) is 0.290. The molecule has 2 atom stereocenters. The maximum Gasteiger partial charge on any atom is 0.334 e. The Morgan fingerprint density at radius 1 is 1.14 bits per heavy atom. The number of para-hydroxylation sites is 1. The lowest BCUT2D eigenvalue weighted by molar-refractivity contribution is -0.137. The lowest BCUT2D eigenvalue weighted by Gasteiger charge is -2.44. The number of aryl methyl sites for hydroxylation is 1. The molecule has 1 saturated heterocycles. The van der Waals surface area contributed by atoms with Crippen LogP contribution in [-0.4, -0.2) is 58.6 Å². The van der Waals surface area contributed by atoms with Gasteiger partial charge in [-0.3, -0.25) is 19.4 Å². The number of urea groups is 1. The van der Waals surface area contributed by atoms with Crippen molar-refractivity contribution in [3.8, 4) is 11.5 Å². The zero-order chi connectivity index (χ0) is 29.5. The van der Waals surface area contributed by atoms with E-state index in [1.807, 2.05) is 55.5 Å². The molecule has 3 N–H and O–H groups in total. The van der Waals surface area contributed by atoms with E-state index in [0.29, 0.717) is 58.2 Å². The van der Waals surface area contributed by atoms with Crippen molar-refractivity contribution in [1.82, 2.24) is 9.88 Å². The highest BCUT2D eigenvalue weighted by molar-refractivity contribution is 7.21. The number of carbonyl (C=O) groups is 3. The number of primary amides is 1. The van der Waals surface area contributed by atoms with Gasteiger partial charge < -0.3 is 20.5 Å². The summed E-state index contributed by atoms with van der Waals surface area (Å²) in [6.07, 6.45) is 2.92. The van der Waals surface area contributed by atoms with Crippen molar-refractivity contribution in [1.29, 1.82) is 0 Å². The predicted molar refractivity (Wildman–Crippen MR) is 162 cm³/mol. The van der Waals surface area contributed by atoms with Gasteiger partial charge in [0, 0.05) is 19.3 Å². The summed E-state index contributed by atoms with van der Waals surface area (Å²) in [6.45, 7) is 4.15. The molecule has 0 saturated carbocycles. The van der Waals surface area contributed by atoms with E-state index in [1.54, 1.807) is 33.9 Å². The van der Waals surface area contributed by atoms with E-state index in [1.165, 1.54) is 0 Å². The minimum absolute atomic E-state index is 0.166. The van der Waals surface area contributed by atoms with Crippen LogP contribution in [0.1, 0.15) is 35.0 Å². The highest BCUT2D eigenvalue weighted by atomic mass is 32.1. The monoisotopic (exact) mass is 585 g/mol. The van der Waals surface area contributed by atoms with Crippen molar-refractivity contribution >= 4 is 56.5 Å². The van der Waals surface area contributed by atoms with Gasteiger partial charge >= 0.3 is 6.03 Å². The van der Waals surface area contributed by atoms with Crippen LogP contribution < -0.4 is 20.3 Å². The van der Waals surface area contributed by atoms with Crippen LogP contribution >= 0.6 is 11.3 Å². The number of aromatic nitrogens is 1. The zero-order valence-electron chi connectivity index (χ0n) is 23.3. The first kappa shape index (κ1) is 27.7. The second-order valence-corrected chi connectivity index (χ2v) is 11.7. The summed E-state index contributed by atoms with van der Waals surface area (Å²) in [5.74, 6) is -0.0113. The summed E-state index contributed by atoms with van der Waals surface area (Å²) in [5, 5.41) is 10.3. The highest BCUT2D eigenvalue weighted by Crippen LogP contribution is 2.50. The molecule has 10 nitrogen and oxygen atoms in total. The number of piperidine rings is 1. The molecule has 42 heavy (non-hydrogen) atoms. The fourth-order valence-corrected chi connectivity index (χ4v) is 6.78. The molecule has 4 amide bonds. The maximum absolute atomic E-state index is 14.6. The summed E-state index contributed by atoms with van der Waals surface area (Å²) in [4.78, 5) is 50.6. The second kappa shape index (κ2) is 11.1. The van der Waals surface area contributed by atoms with Crippen molar-refractivity contribution in [2.75, 3.05) is 29.5 Å². The first-order valence-corrected chi connectivity index (χ1v) is 14.7. The van der Waals surface area contributed by atoms with Crippen molar-refractivity contribution in [2.24, 2.45) is 11.7 Å². The van der Waals surface area contributed by atoms with Gasteiger partial charge in [0.15, 0.2) is 0 Å². The number of pyridine rings is 1. The van der Waals surface area contributed by atoms with Crippen molar-refractivity contribution in [3.05, 3.63) is 71.2 Å². The number of anilines is 3. The molecule has 2 aliphatic heterocycles. The predicted octanol–water partition coefficient (Wildman–Crippen LogP) is 5.19. The summed E-state index contributed by atoms with van der Waals surface area (Å²) in [5.41, 5.74) is 8.36. The Morgan fingerprint density at radius 3 is 2.64 bits per heavy atom. The average molecular weight is 586 g/mol. The van der Waals surface area contributed by atoms with Gasteiger partial charge in [-0.2, -0.15) is 0 Å². The second-order valence-electron chi connectivity index (χ2n) is 10.7. The number of benzene rings is 2. The molecule has 0 aliphatic carbocycles. The third kappa shape index (κ3) is 4.74. The molecule has 216 valence electrons. The molecule has 2 aromatic carbocycles. The summed E-state index contributed by atoms with van der Waals surface area (Å²) >= 11 is 1.16. The molecule has 6 rings (SSSR count). The Hall–Kier alpha value is -4.48. The van der Waals surface area contributed by atoms with Gasteiger partial charge in [0.1, 0.15) is 21.2 Å². The number of ether oxygens (including phenoxy) is 1. The first-order chi connectivity index (χ1) is 20.3. The van der Waals surface area contributed by atoms with Gasteiger partial charge in [0.2, 0.25) is 5.91 Å². The number of amides is 4. The SMILES string of the molecule is Cc1cc(Oc2ccccc2)ccc1N1C(=O)N([C@@H]2CCCN(C(=O)C(C)CO)C2)c2c(C(N)=O)sc3nccc1c23. The Bertz CT molecular complexity index is 1690. The number of aliphatic hydroxyl groups is 1. The highest BCUT2D eigenvalue weighted by Gasteiger charge is 2.43. The zero-order valence-corrected chi connectivity index (χ0v) is 24.1. The third-order valence-corrected chi connectivity index (χ3v) is 8.91. The van der Waals surface area contributed by atoms with Gasteiger partial charge in [-0.15, -0.1) is 11.3 Å². The number of thiophene rings is 1. The lowest BCUT2D eigenvalue weighted by Crippen LogP contribution is -2.56. The van der Waals surface area contributed by atoms with Crippen molar-refractivity contribution in [2.45, 2.75) is 32.7 Å². The minimum atomic E-state index is -0.638. The molecular formula is C31H31N5O5S. The smallest absolute Gasteiger partial charge is 0.334 e.